The third-order valence-electron chi connectivity index (χ3n) is 9.37. The van der Waals surface area contributed by atoms with Gasteiger partial charge in [-0.15, -0.1) is 0 Å². The van der Waals surface area contributed by atoms with E-state index in [4.69, 9.17) is 16.3 Å². The molecule has 252 valence electrons. The number of hydrogen-bond donors (Lipinski definition) is 3. The second-order valence-corrected chi connectivity index (χ2v) is 12.9. The van der Waals surface area contributed by atoms with Gasteiger partial charge in [-0.05, 0) is 77.7 Å². The number of anilines is 2. The van der Waals surface area contributed by atoms with Crippen LogP contribution >= 0.6 is 11.6 Å². The van der Waals surface area contributed by atoms with E-state index in [2.05, 4.69) is 5.32 Å². The maximum atomic E-state index is 14.1. The van der Waals surface area contributed by atoms with Crippen LogP contribution < -0.4 is 15.0 Å². The molecule has 2 aliphatic rings. The van der Waals surface area contributed by atoms with Crippen molar-refractivity contribution in [3.05, 3.63) is 136 Å². The maximum absolute atomic E-state index is 14.1. The van der Waals surface area contributed by atoms with Crippen molar-refractivity contribution in [2.75, 3.05) is 23.9 Å². The Morgan fingerprint density at radius 3 is 2.53 bits per heavy atom. The molecule has 3 N–H and O–H groups in total. The standard InChI is InChI=1S/C39H38ClN3O6/c1-25(7-5-12-36(45)42-23-29-10-4-3-9-28(29)20-32(42)24-44)39(48)34-21-30(40)15-18-35(34)43(38(39)47)22-26-8-6-11-31(19-26)41-37(46)27-13-16-33(49-2)17-14-27/h3-11,13-19,21,25,32,44,48H,12,20,22-24H2,1-2H3,(H,41,46)/b7-5+/t25-,32-,39+/m0/s1. The van der Waals surface area contributed by atoms with Crippen LogP contribution in [0.5, 0.6) is 5.75 Å². The van der Waals surface area contributed by atoms with Crippen molar-refractivity contribution < 1.29 is 29.3 Å². The molecule has 0 aliphatic carbocycles. The Morgan fingerprint density at radius 1 is 1.04 bits per heavy atom. The maximum Gasteiger partial charge on any atom is 0.264 e. The summed E-state index contributed by atoms with van der Waals surface area (Å²) in [5.41, 5.74) is 2.92. The molecule has 0 saturated carbocycles. The molecule has 3 amide bonds. The number of amides is 3. The van der Waals surface area contributed by atoms with Crippen LogP contribution in [0.1, 0.15) is 46.0 Å². The zero-order valence-electron chi connectivity index (χ0n) is 27.3. The molecule has 4 aromatic carbocycles. The van der Waals surface area contributed by atoms with Crippen LogP contribution in [0.4, 0.5) is 11.4 Å². The zero-order valence-corrected chi connectivity index (χ0v) is 28.1. The number of ether oxygens (including phenoxy) is 1. The molecule has 9 nitrogen and oxygen atoms in total. The van der Waals surface area contributed by atoms with Crippen molar-refractivity contribution in [2.45, 2.75) is 44.5 Å². The van der Waals surface area contributed by atoms with Gasteiger partial charge in [0.05, 0.1) is 32.0 Å². The number of nitrogens with zero attached hydrogens (tertiary/aromatic N) is 2. The number of rotatable bonds is 10. The van der Waals surface area contributed by atoms with Crippen molar-refractivity contribution >= 4 is 40.7 Å². The molecule has 10 heteroatoms. The molecule has 0 spiro atoms. The largest absolute Gasteiger partial charge is 0.497 e. The lowest BCUT2D eigenvalue weighted by molar-refractivity contribution is -0.139. The van der Waals surface area contributed by atoms with Gasteiger partial charge >= 0.3 is 0 Å². The summed E-state index contributed by atoms with van der Waals surface area (Å²) in [6.45, 7) is 2.14. The number of carbonyl (C=O) groups is 3. The third-order valence-corrected chi connectivity index (χ3v) is 9.61. The molecular formula is C39H38ClN3O6. The molecule has 0 saturated heterocycles. The minimum atomic E-state index is -1.93. The number of halogens is 1. The summed E-state index contributed by atoms with van der Waals surface area (Å²) in [4.78, 5) is 43.5. The highest BCUT2D eigenvalue weighted by atomic mass is 35.5. The molecule has 2 aliphatic heterocycles. The first kappa shape index (κ1) is 33.9. The van der Waals surface area contributed by atoms with Crippen molar-refractivity contribution in [2.24, 2.45) is 5.92 Å². The van der Waals surface area contributed by atoms with E-state index < -0.39 is 17.4 Å². The van der Waals surface area contributed by atoms with E-state index in [1.165, 1.54) is 4.90 Å². The number of aliphatic hydroxyl groups is 2. The van der Waals surface area contributed by atoms with Crippen LogP contribution in [-0.4, -0.2) is 52.6 Å². The molecule has 4 aromatic rings. The van der Waals surface area contributed by atoms with Crippen molar-refractivity contribution in [3.8, 4) is 5.75 Å². The quantitative estimate of drug-likeness (QED) is 0.181. The van der Waals surface area contributed by atoms with E-state index in [-0.39, 0.29) is 37.4 Å². The lowest BCUT2D eigenvalue weighted by Crippen LogP contribution is -2.46. The van der Waals surface area contributed by atoms with Gasteiger partial charge in [0.15, 0.2) is 5.60 Å². The van der Waals surface area contributed by atoms with E-state index in [0.29, 0.717) is 46.2 Å². The summed E-state index contributed by atoms with van der Waals surface area (Å²) in [6.07, 6.45) is 3.99. The van der Waals surface area contributed by atoms with Crippen LogP contribution in [0.15, 0.2) is 103 Å². The number of carbonyl (C=O) groups excluding carboxylic acids is 3. The van der Waals surface area contributed by atoms with Crippen molar-refractivity contribution in [1.82, 2.24) is 4.90 Å². The van der Waals surface area contributed by atoms with Gasteiger partial charge in [0.2, 0.25) is 5.91 Å². The molecule has 0 aromatic heterocycles. The molecular weight excluding hydrogens is 642 g/mol. The van der Waals surface area contributed by atoms with Crippen molar-refractivity contribution in [3.63, 3.8) is 0 Å². The molecule has 2 heterocycles. The number of hydrogen-bond acceptors (Lipinski definition) is 6. The Bertz CT molecular complexity index is 1910. The average Bonchev–Trinajstić information content (AvgIpc) is 3.32. The second-order valence-electron chi connectivity index (χ2n) is 12.5. The van der Waals surface area contributed by atoms with Gasteiger partial charge in [-0.25, -0.2) is 0 Å². The lowest BCUT2D eigenvalue weighted by Gasteiger charge is -2.36. The summed E-state index contributed by atoms with van der Waals surface area (Å²) >= 11 is 6.37. The van der Waals surface area contributed by atoms with Gasteiger partial charge in [-0.2, -0.15) is 0 Å². The molecule has 6 rings (SSSR count). The zero-order chi connectivity index (χ0) is 34.7. The fraction of sp³-hybridized carbons (Fsp3) is 0.256. The Morgan fingerprint density at radius 2 is 1.80 bits per heavy atom. The van der Waals surface area contributed by atoms with Gasteiger partial charge in [-0.3, -0.25) is 14.4 Å². The molecule has 49 heavy (non-hydrogen) atoms. The number of aliphatic hydroxyl groups excluding tert-OH is 1. The second kappa shape index (κ2) is 14.3. The predicted octanol–water partition coefficient (Wildman–Crippen LogP) is 5.86. The van der Waals surface area contributed by atoms with Gasteiger partial charge in [-0.1, -0.05) is 67.1 Å². The van der Waals surface area contributed by atoms with Gasteiger partial charge in [0.25, 0.3) is 11.8 Å². The van der Waals surface area contributed by atoms with Crippen molar-refractivity contribution in [1.29, 1.82) is 0 Å². The highest BCUT2D eigenvalue weighted by molar-refractivity contribution is 6.31. The smallest absolute Gasteiger partial charge is 0.264 e. The Hall–Kier alpha value is -4.96. The average molecular weight is 680 g/mol. The summed E-state index contributed by atoms with van der Waals surface area (Å²) in [7, 11) is 1.56. The third kappa shape index (κ3) is 6.83. The number of nitrogens with one attached hydrogen (secondary N) is 1. The fourth-order valence-electron chi connectivity index (χ4n) is 6.62. The summed E-state index contributed by atoms with van der Waals surface area (Å²) in [5, 5.41) is 25.4. The highest BCUT2D eigenvalue weighted by Gasteiger charge is 2.52. The highest BCUT2D eigenvalue weighted by Crippen LogP contribution is 2.47. The monoisotopic (exact) mass is 679 g/mol. The van der Waals surface area contributed by atoms with E-state index in [0.717, 1.165) is 16.7 Å². The minimum Gasteiger partial charge on any atom is -0.497 e. The summed E-state index contributed by atoms with van der Waals surface area (Å²) in [5.74, 6) is -1.02. The normalized spacial score (nSPS) is 19.0. The van der Waals surface area contributed by atoms with Gasteiger partial charge in [0.1, 0.15) is 5.75 Å². The molecule has 3 atom stereocenters. The topological polar surface area (TPSA) is 119 Å². The molecule has 0 radical (unpaired) electrons. The van der Waals surface area contributed by atoms with E-state index in [9.17, 15) is 24.6 Å². The first-order valence-corrected chi connectivity index (χ1v) is 16.5. The van der Waals surface area contributed by atoms with Crippen LogP contribution in [0.25, 0.3) is 0 Å². The predicted molar refractivity (Wildman–Crippen MR) is 188 cm³/mol. The SMILES string of the molecule is COc1ccc(C(=O)Nc2cccc(CN3C(=O)[C@@](O)([C@@H](C)/C=C/CC(=O)N4Cc5ccccc5C[C@H]4CO)c4cc(Cl)ccc43)c2)cc1. The van der Waals surface area contributed by atoms with E-state index in [1.807, 2.05) is 30.3 Å². The molecule has 0 bridgehead atoms. The number of benzene rings is 4. The van der Waals surface area contributed by atoms with E-state index in [1.54, 1.807) is 91.7 Å². The first-order valence-electron chi connectivity index (χ1n) is 16.1. The Kier molecular flexibility index (Phi) is 9.87. The fourth-order valence-corrected chi connectivity index (χ4v) is 6.80. The van der Waals surface area contributed by atoms with Gasteiger partial charge < -0.3 is 30.1 Å². The van der Waals surface area contributed by atoms with Crippen LogP contribution in [0.3, 0.4) is 0 Å². The lowest BCUT2D eigenvalue weighted by atomic mass is 9.83. The van der Waals surface area contributed by atoms with Crippen LogP contribution in [0, 0.1) is 5.92 Å². The molecule has 0 fully saturated rings. The van der Waals surface area contributed by atoms with E-state index >= 15 is 0 Å². The Labute approximate surface area is 290 Å². The number of methoxy groups -OCH3 is 1. The number of fused-ring (bicyclic) bond motifs is 2. The first-order chi connectivity index (χ1) is 23.6. The summed E-state index contributed by atoms with van der Waals surface area (Å²) in [6, 6.07) is 26.5. The van der Waals surface area contributed by atoms with Gasteiger partial charge in [0, 0.05) is 40.7 Å². The summed E-state index contributed by atoms with van der Waals surface area (Å²) < 4.78 is 5.17. The van der Waals surface area contributed by atoms with Crippen LogP contribution in [0.2, 0.25) is 5.02 Å². The molecule has 0 unspecified atom stereocenters. The Balaban J connectivity index is 1.17. The minimum absolute atomic E-state index is 0.0500. The van der Waals surface area contributed by atoms with Crippen LogP contribution in [-0.2, 0) is 34.7 Å².